The molecule has 1 nitrogen and oxygen atoms in total. The van der Waals surface area contributed by atoms with E-state index in [1.807, 2.05) is 18.2 Å². The molecule has 0 radical (unpaired) electrons. The number of hydrogen-bond donors (Lipinski definition) is 0. The summed E-state index contributed by atoms with van der Waals surface area (Å²) in [5, 5.41) is 10.8. The number of halogens is 1. The van der Waals surface area contributed by atoms with Gasteiger partial charge in [0.2, 0.25) is 0 Å². The summed E-state index contributed by atoms with van der Waals surface area (Å²) in [7, 11) is 0. The molecule has 0 unspecified atom stereocenters. The second-order valence-corrected chi connectivity index (χ2v) is 4.44. The van der Waals surface area contributed by atoms with Crippen molar-refractivity contribution in [1.29, 1.82) is 5.26 Å². The number of nitrogens with zero attached hydrogens (tertiary/aromatic N) is 1. The first kappa shape index (κ1) is 8.74. The van der Waals surface area contributed by atoms with Gasteiger partial charge in [0.15, 0.2) is 0 Å². The van der Waals surface area contributed by atoms with Crippen LogP contribution in [0.3, 0.4) is 0 Å². The lowest BCUT2D eigenvalue weighted by atomic mass is 10.2. The van der Waals surface area contributed by atoms with Gasteiger partial charge in [0.05, 0.1) is 11.6 Å². The first-order valence-corrected chi connectivity index (χ1v) is 5.76. The molecule has 64 valence electrons. The van der Waals surface area contributed by atoms with Crippen LogP contribution in [0, 0.1) is 11.3 Å². The minimum atomic E-state index is 0.732. The molecule has 2 aromatic rings. The molecule has 0 N–H and O–H groups in total. The van der Waals surface area contributed by atoms with E-state index < -0.39 is 0 Å². The smallest absolute Gasteiger partial charge is 0.0992 e. The topological polar surface area (TPSA) is 23.8 Å². The van der Waals surface area contributed by atoms with Gasteiger partial charge < -0.3 is 0 Å². The number of nitriles is 1. The van der Waals surface area contributed by atoms with Gasteiger partial charge in [0, 0.05) is 14.9 Å². The fraction of sp³-hybridized carbons (Fsp3) is 0.100. The molecule has 0 fully saturated rings. The summed E-state index contributed by atoms with van der Waals surface area (Å²) in [6.07, 6.45) is 0. The van der Waals surface area contributed by atoms with Crippen LogP contribution in [0.25, 0.3) is 10.1 Å². The lowest BCUT2D eigenvalue weighted by Gasteiger charge is -1.87. The van der Waals surface area contributed by atoms with Gasteiger partial charge in [0.1, 0.15) is 0 Å². The zero-order valence-electron chi connectivity index (χ0n) is 6.75. The maximum atomic E-state index is 8.71. The standard InChI is InChI=1S/C10H6BrNS/c11-5-9-4-8-2-1-7(6-12)3-10(8)13-9/h1-4H,5H2. The summed E-state index contributed by atoms with van der Waals surface area (Å²) in [6, 6.07) is 10.1. The maximum Gasteiger partial charge on any atom is 0.0992 e. The molecular formula is C10H6BrNS. The lowest BCUT2D eigenvalue weighted by molar-refractivity contribution is 1.50. The number of fused-ring (bicyclic) bond motifs is 1. The Bertz CT molecular complexity index is 481. The molecule has 0 aliphatic carbocycles. The Hall–Kier alpha value is -0.850. The molecule has 2 rings (SSSR count). The van der Waals surface area contributed by atoms with Crippen molar-refractivity contribution in [3.63, 3.8) is 0 Å². The molecule has 0 saturated carbocycles. The van der Waals surface area contributed by atoms with E-state index in [1.54, 1.807) is 11.3 Å². The van der Waals surface area contributed by atoms with Crippen LogP contribution in [0.4, 0.5) is 0 Å². The summed E-state index contributed by atoms with van der Waals surface area (Å²) in [4.78, 5) is 1.30. The quantitative estimate of drug-likeness (QED) is 0.710. The Morgan fingerprint density at radius 2 is 2.23 bits per heavy atom. The van der Waals surface area contributed by atoms with Crippen molar-refractivity contribution in [3.05, 3.63) is 34.7 Å². The molecule has 0 bridgehead atoms. The zero-order chi connectivity index (χ0) is 9.26. The highest BCUT2D eigenvalue weighted by Crippen LogP contribution is 2.27. The molecule has 1 aromatic carbocycles. The van der Waals surface area contributed by atoms with Crippen molar-refractivity contribution in [1.82, 2.24) is 0 Å². The van der Waals surface area contributed by atoms with E-state index in [9.17, 15) is 0 Å². The molecular weight excluding hydrogens is 246 g/mol. The number of benzene rings is 1. The van der Waals surface area contributed by atoms with Crippen LogP contribution in [-0.4, -0.2) is 0 Å². The third-order valence-electron chi connectivity index (χ3n) is 1.83. The van der Waals surface area contributed by atoms with Gasteiger partial charge in [-0.05, 0) is 23.6 Å². The van der Waals surface area contributed by atoms with Crippen LogP contribution >= 0.6 is 27.3 Å². The monoisotopic (exact) mass is 251 g/mol. The predicted octanol–water partition coefficient (Wildman–Crippen LogP) is 3.67. The summed E-state index contributed by atoms with van der Waals surface area (Å²) in [5.74, 6) is 0. The number of hydrogen-bond acceptors (Lipinski definition) is 2. The van der Waals surface area contributed by atoms with E-state index in [0.29, 0.717) is 0 Å². The van der Waals surface area contributed by atoms with E-state index in [1.165, 1.54) is 15.0 Å². The molecule has 0 aliphatic heterocycles. The highest BCUT2D eigenvalue weighted by Gasteiger charge is 2.00. The van der Waals surface area contributed by atoms with Gasteiger partial charge in [-0.25, -0.2) is 0 Å². The van der Waals surface area contributed by atoms with E-state index in [4.69, 9.17) is 5.26 Å². The molecule has 3 heteroatoms. The van der Waals surface area contributed by atoms with Crippen LogP contribution < -0.4 is 0 Å². The third kappa shape index (κ3) is 1.60. The first-order valence-electron chi connectivity index (χ1n) is 3.82. The zero-order valence-corrected chi connectivity index (χ0v) is 9.15. The SMILES string of the molecule is N#Cc1ccc2cc(CBr)sc2c1. The average molecular weight is 252 g/mol. The molecule has 0 atom stereocenters. The predicted molar refractivity (Wildman–Crippen MR) is 59.2 cm³/mol. The summed E-state index contributed by atoms with van der Waals surface area (Å²) < 4.78 is 1.19. The van der Waals surface area contributed by atoms with Crippen LogP contribution in [0.2, 0.25) is 0 Å². The summed E-state index contributed by atoms with van der Waals surface area (Å²) in [6.45, 7) is 0. The van der Waals surface area contributed by atoms with E-state index in [0.717, 1.165) is 10.9 Å². The van der Waals surface area contributed by atoms with Crippen LogP contribution in [0.1, 0.15) is 10.4 Å². The van der Waals surface area contributed by atoms with Crippen molar-refractivity contribution in [3.8, 4) is 6.07 Å². The number of alkyl halides is 1. The van der Waals surface area contributed by atoms with E-state index in [-0.39, 0.29) is 0 Å². The Kier molecular flexibility index (Phi) is 2.34. The summed E-state index contributed by atoms with van der Waals surface area (Å²) in [5.41, 5.74) is 0.732. The van der Waals surface area contributed by atoms with Crippen molar-refractivity contribution in [2.24, 2.45) is 0 Å². The Morgan fingerprint density at radius 3 is 2.92 bits per heavy atom. The molecule has 0 saturated heterocycles. The largest absolute Gasteiger partial charge is 0.192 e. The minimum absolute atomic E-state index is 0.732. The highest BCUT2D eigenvalue weighted by atomic mass is 79.9. The van der Waals surface area contributed by atoms with Gasteiger partial charge in [-0.2, -0.15) is 5.26 Å². The number of rotatable bonds is 1. The Balaban J connectivity index is 2.65. The number of thiophene rings is 1. The normalized spacial score (nSPS) is 10.2. The van der Waals surface area contributed by atoms with Gasteiger partial charge in [0.25, 0.3) is 0 Å². The van der Waals surface area contributed by atoms with Crippen molar-refractivity contribution < 1.29 is 0 Å². The van der Waals surface area contributed by atoms with Crippen molar-refractivity contribution in [2.75, 3.05) is 0 Å². The third-order valence-corrected chi connectivity index (χ3v) is 3.91. The average Bonchev–Trinajstić information content (AvgIpc) is 2.58. The lowest BCUT2D eigenvalue weighted by Crippen LogP contribution is -1.69. The van der Waals surface area contributed by atoms with Crippen molar-refractivity contribution in [2.45, 2.75) is 5.33 Å². The van der Waals surface area contributed by atoms with Crippen LogP contribution in [0.15, 0.2) is 24.3 Å². The molecule has 1 heterocycles. The Labute approximate surface area is 88.7 Å². The Morgan fingerprint density at radius 1 is 1.38 bits per heavy atom. The van der Waals surface area contributed by atoms with Gasteiger partial charge in [-0.3, -0.25) is 0 Å². The molecule has 1 aromatic heterocycles. The van der Waals surface area contributed by atoms with Crippen molar-refractivity contribution >= 4 is 37.4 Å². The van der Waals surface area contributed by atoms with Crippen LogP contribution in [-0.2, 0) is 5.33 Å². The van der Waals surface area contributed by atoms with Gasteiger partial charge >= 0.3 is 0 Å². The molecule has 13 heavy (non-hydrogen) atoms. The highest BCUT2D eigenvalue weighted by molar-refractivity contribution is 9.08. The fourth-order valence-electron chi connectivity index (χ4n) is 1.22. The minimum Gasteiger partial charge on any atom is -0.192 e. The van der Waals surface area contributed by atoms with E-state index in [2.05, 4.69) is 28.1 Å². The fourth-order valence-corrected chi connectivity index (χ4v) is 2.68. The van der Waals surface area contributed by atoms with Gasteiger partial charge in [-0.1, -0.05) is 22.0 Å². The van der Waals surface area contributed by atoms with Gasteiger partial charge in [-0.15, -0.1) is 11.3 Å². The molecule has 0 amide bonds. The second kappa shape index (κ2) is 3.49. The molecule has 0 spiro atoms. The summed E-state index contributed by atoms with van der Waals surface area (Å²) >= 11 is 5.15. The van der Waals surface area contributed by atoms with E-state index >= 15 is 0 Å². The first-order chi connectivity index (χ1) is 6.33. The van der Waals surface area contributed by atoms with Crippen LogP contribution in [0.5, 0.6) is 0 Å². The maximum absolute atomic E-state index is 8.71. The molecule has 0 aliphatic rings. The second-order valence-electron chi connectivity index (χ2n) is 2.71.